The Hall–Kier alpha value is -2.07. The predicted octanol–water partition coefficient (Wildman–Crippen LogP) is 4.43. The Labute approximate surface area is 132 Å². The van der Waals surface area contributed by atoms with Gasteiger partial charge in [0.25, 0.3) is 0 Å². The number of aliphatic carboxylic acids is 1. The average Bonchev–Trinajstić information content (AvgIpc) is 2.46. The van der Waals surface area contributed by atoms with Crippen molar-refractivity contribution in [2.24, 2.45) is 0 Å². The van der Waals surface area contributed by atoms with E-state index in [-0.39, 0.29) is 0 Å². The predicted molar refractivity (Wildman–Crippen MR) is 86.3 cm³/mol. The Kier molecular flexibility index (Phi) is 5.17. The van der Waals surface area contributed by atoms with Crippen molar-refractivity contribution in [1.82, 2.24) is 0 Å². The minimum absolute atomic E-state index is 0.427. The Morgan fingerprint density at radius 1 is 1.24 bits per heavy atom. The topological polar surface area (TPSA) is 46.5 Å². The zero-order valence-electron chi connectivity index (χ0n) is 11.5. The van der Waals surface area contributed by atoms with Gasteiger partial charge in [-0.3, -0.25) is 0 Å². The molecule has 21 heavy (non-hydrogen) atoms. The largest absolute Gasteiger partial charge is 0.487 e. The molecule has 3 nitrogen and oxygen atoms in total. The quantitative estimate of drug-likeness (QED) is 0.814. The van der Waals surface area contributed by atoms with Crippen molar-refractivity contribution in [2.75, 3.05) is 0 Å². The summed E-state index contributed by atoms with van der Waals surface area (Å²) >= 11 is 3.43. The van der Waals surface area contributed by atoms with E-state index < -0.39 is 5.97 Å². The summed E-state index contributed by atoms with van der Waals surface area (Å²) in [5, 5.41) is 8.73. The molecule has 0 spiro atoms. The number of halogens is 1. The third-order valence-corrected chi connectivity index (χ3v) is 3.53. The minimum atomic E-state index is -0.987. The van der Waals surface area contributed by atoms with Crippen LogP contribution in [0.1, 0.15) is 16.7 Å². The molecule has 0 atom stereocenters. The second-order valence-corrected chi connectivity index (χ2v) is 5.46. The van der Waals surface area contributed by atoms with Crippen LogP contribution in [0.5, 0.6) is 5.75 Å². The van der Waals surface area contributed by atoms with E-state index in [9.17, 15) is 4.79 Å². The molecular formula is C17H15BrO3. The monoisotopic (exact) mass is 346 g/mol. The van der Waals surface area contributed by atoms with Crippen molar-refractivity contribution >= 4 is 28.0 Å². The first-order valence-electron chi connectivity index (χ1n) is 6.44. The molecule has 108 valence electrons. The van der Waals surface area contributed by atoms with Crippen LogP contribution in [0.25, 0.3) is 6.08 Å². The standard InChI is InChI=1S/C17H15BrO3/c1-12-5-7-13(8-6-12)11-21-17-14(9-10-16(19)20)3-2-4-15(17)18/h2-10H,11H2,1H3,(H,19,20). The smallest absolute Gasteiger partial charge is 0.328 e. The molecule has 2 aromatic rings. The van der Waals surface area contributed by atoms with Crippen LogP contribution in [0.4, 0.5) is 0 Å². The van der Waals surface area contributed by atoms with E-state index in [1.54, 1.807) is 0 Å². The molecule has 0 bridgehead atoms. The maximum atomic E-state index is 10.6. The van der Waals surface area contributed by atoms with Gasteiger partial charge in [-0.25, -0.2) is 4.79 Å². The number of carboxylic acids is 1. The Bertz CT molecular complexity index is 660. The van der Waals surface area contributed by atoms with Crippen LogP contribution in [0.3, 0.4) is 0 Å². The Morgan fingerprint density at radius 3 is 2.62 bits per heavy atom. The van der Waals surface area contributed by atoms with Crippen molar-refractivity contribution in [2.45, 2.75) is 13.5 Å². The number of benzene rings is 2. The van der Waals surface area contributed by atoms with Gasteiger partial charge in [0.05, 0.1) is 4.47 Å². The molecule has 2 aromatic carbocycles. The van der Waals surface area contributed by atoms with Crippen LogP contribution in [0, 0.1) is 6.92 Å². The van der Waals surface area contributed by atoms with Crippen molar-refractivity contribution < 1.29 is 14.6 Å². The lowest BCUT2D eigenvalue weighted by Crippen LogP contribution is -1.98. The number of hydrogen-bond acceptors (Lipinski definition) is 2. The van der Waals surface area contributed by atoms with Crippen molar-refractivity contribution in [3.63, 3.8) is 0 Å². The molecule has 0 amide bonds. The third-order valence-electron chi connectivity index (χ3n) is 2.91. The highest BCUT2D eigenvalue weighted by Gasteiger charge is 2.07. The van der Waals surface area contributed by atoms with Gasteiger partial charge in [0.15, 0.2) is 0 Å². The number of ether oxygens (including phenoxy) is 1. The van der Waals surface area contributed by atoms with Gasteiger partial charge in [-0.1, -0.05) is 42.0 Å². The summed E-state index contributed by atoms with van der Waals surface area (Å²) in [7, 11) is 0. The Morgan fingerprint density at radius 2 is 1.95 bits per heavy atom. The molecule has 4 heteroatoms. The normalized spacial score (nSPS) is 10.8. The zero-order chi connectivity index (χ0) is 15.2. The first-order valence-corrected chi connectivity index (χ1v) is 7.23. The van der Waals surface area contributed by atoms with Gasteiger partial charge in [0, 0.05) is 11.6 Å². The van der Waals surface area contributed by atoms with E-state index in [1.807, 2.05) is 49.4 Å². The van der Waals surface area contributed by atoms with Crippen molar-refractivity contribution in [3.05, 3.63) is 69.7 Å². The summed E-state index contributed by atoms with van der Waals surface area (Å²) < 4.78 is 6.63. The lowest BCUT2D eigenvalue weighted by Gasteiger charge is -2.11. The molecule has 0 aliphatic carbocycles. The van der Waals surface area contributed by atoms with Crippen LogP contribution < -0.4 is 4.74 Å². The van der Waals surface area contributed by atoms with Gasteiger partial charge >= 0.3 is 5.97 Å². The number of rotatable bonds is 5. The van der Waals surface area contributed by atoms with Crippen LogP contribution in [0.15, 0.2) is 53.0 Å². The summed E-state index contributed by atoms with van der Waals surface area (Å²) in [6.45, 7) is 2.46. The number of para-hydroxylation sites is 1. The number of carboxylic acid groups (broad SMARTS) is 1. The van der Waals surface area contributed by atoms with Crippen LogP contribution in [-0.4, -0.2) is 11.1 Å². The molecule has 0 aliphatic rings. The second-order valence-electron chi connectivity index (χ2n) is 4.60. The van der Waals surface area contributed by atoms with Gasteiger partial charge in [0.2, 0.25) is 0 Å². The highest BCUT2D eigenvalue weighted by atomic mass is 79.9. The van der Waals surface area contributed by atoms with E-state index in [1.165, 1.54) is 11.6 Å². The second kappa shape index (κ2) is 7.09. The maximum Gasteiger partial charge on any atom is 0.328 e. The van der Waals surface area contributed by atoms with Gasteiger partial charge in [0.1, 0.15) is 12.4 Å². The molecule has 0 saturated heterocycles. The lowest BCUT2D eigenvalue weighted by atomic mass is 10.1. The molecule has 1 N–H and O–H groups in total. The number of aryl methyl sites for hydroxylation is 1. The fourth-order valence-electron chi connectivity index (χ4n) is 1.81. The summed E-state index contributed by atoms with van der Waals surface area (Å²) in [6.07, 6.45) is 2.62. The van der Waals surface area contributed by atoms with Gasteiger partial charge in [-0.2, -0.15) is 0 Å². The molecule has 0 aromatic heterocycles. The first-order chi connectivity index (χ1) is 10.1. The molecule has 0 saturated carbocycles. The van der Waals surface area contributed by atoms with E-state index in [2.05, 4.69) is 15.9 Å². The molecule has 0 unspecified atom stereocenters. The third kappa shape index (κ3) is 4.46. The molecule has 0 heterocycles. The fourth-order valence-corrected chi connectivity index (χ4v) is 2.31. The number of carbonyl (C=O) groups is 1. The van der Waals surface area contributed by atoms with Crippen molar-refractivity contribution in [3.8, 4) is 5.75 Å². The Balaban J connectivity index is 2.18. The molecule has 2 rings (SSSR count). The van der Waals surface area contributed by atoms with E-state index in [0.29, 0.717) is 12.4 Å². The fraction of sp³-hybridized carbons (Fsp3) is 0.118. The van der Waals surface area contributed by atoms with E-state index in [0.717, 1.165) is 21.7 Å². The SMILES string of the molecule is Cc1ccc(COc2c(Br)cccc2C=CC(=O)O)cc1. The van der Waals surface area contributed by atoms with Crippen molar-refractivity contribution in [1.29, 1.82) is 0 Å². The van der Waals surface area contributed by atoms with Gasteiger partial charge in [-0.05, 0) is 40.6 Å². The highest BCUT2D eigenvalue weighted by molar-refractivity contribution is 9.10. The highest BCUT2D eigenvalue weighted by Crippen LogP contribution is 2.30. The van der Waals surface area contributed by atoms with E-state index in [4.69, 9.17) is 9.84 Å². The molecule has 0 aliphatic heterocycles. The van der Waals surface area contributed by atoms with Gasteiger partial charge < -0.3 is 9.84 Å². The average molecular weight is 347 g/mol. The summed E-state index contributed by atoms with van der Waals surface area (Å²) in [4.78, 5) is 10.6. The zero-order valence-corrected chi connectivity index (χ0v) is 13.1. The number of hydrogen-bond donors (Lipinski definition) is 1. The summed E-state index contributed by atoms with van der Waals surface area (Å²) in [6, 6.07) is 13.6. The lowest BCUT2D eigenvalue weighted by molar-refractivity contribution is -0.131. The minimum Gasteiger partial charge on any atom is -0.487 e. The van der Waals surface area contributed by atoms with Gasteiger partial charge in [-0.15, -0.1) is 0 Å². The summed E-state index contributed by atoms with van der Waals surface area (Å²) in [5.41, 5.74) is 2.98. The van der Waals surface area contributed by atoms with Crippen LogP contribution >= 0.6 is 15.9 Å². The van der Waals surface area contributed by atoms with Crippen LogP contribution in [-0.2, 0) is 11.4 Å². The first kappa shape index (κ1) is 15.3. The van der Waals surface area contributed by atoms with Crippen LogP contribution in [0.2, 0.25) is 0 Å². The van der Waals surface area contributed by atoms with E-state index >= 15 is 0 Å². The summed E-state index contributed by atoms with van der Waals surface area (Å²) in [5.74, 6) is -0.352. The molecule has 0 fully saturated rings. The molecule has 0 radical (unpaired) electrons. The maximum absolute atomic E-state index is 10.6. The molecular weight excluding hydrogens is 332 g/mol.